The molecule has 116 valence electrons. The number of nitrogens with zero attached hydrogens (tertiary/aromatic N) is 2. The first-order valence-corrected chi connectivity index (χ1v) is 7.79. The number of amides is 1. The van der Waals surface area contributed by atoms with Crippen molar-refractivity contribution in [2.75, 3.05) is 10.6 Å². The fourth-order valence-corrected chi connectivity index (χ4v) is 2.78. The van der Waals surface area contributed by atoms with Gasteiger partial charge >= 0.3 is 0 Å². The molecular formula is C18H18N4O. The summed E-state index contributed by atoms with van der Waals surface area (Å²) >= 11 is 0. The number of anilines is 2. The summed E-state index contributed by atoms with van der Waals surface area (Å²) in [5, 5.41) is 15.1. The second-order valence-electron chi connectivity index (χ2n) is 5.70. The Morgan fingerprint density at radius 2 is 2.00 bits per heavy atom. The Labute approximate surface area is 135 Å². The van der Waals surface area contributed by atoms with Gasteiger partial charge in [0.25, 0.3) is 5.91 Å². The predicted octanol–water partition coefficient (Wildman–Crippen LogP) is 3.56. The van der Waals surface area contributed by atoms with Crippen LogP contribution in [-0.4, -0.2) is 16.9 Å². The fraction of sp³-hybridized carbons (Fsp3) is 0.278. The SMILES string of the molecule is N#Cc1cccc(NC(=O)c2ccc(NC3CCCC3)cn2)c1. The Morgan fingerprint density at radius 3 is 2.70 bits per heavy atom. The lowest BCUT2D eigenvalue weighted by Gasteiger charge is -2.13. The average molecular weight is 306 g/mol. The second-order valence-corrected chi connectivity index (χ2v) is 5.70. The van der Waals surface area contributed by atoms with E-state index >= 15 is 0 Å². The van der Waals surface area contributed by atoms with E-state index in [0.29, 0.717) is 23.0 Å². The number of rotatable bonds is 4. The molecule has 0 aliphatic heterocycles. The highest BCUT2D eigenvalue weighted by Gasteiger charge is 2.15. The normalized spacial score (nSPS) is 14.2. The van der Waals surface area contributed by atoms with Gasteiger partial charge < -0.3 is 10.6 Å². The molecule has 1 aliphatic rings. The Hall–Kier alpha value is -2.87. The summed E-state index contributed by atoms with van der Waals surface area (Å²) in [5.74, 6) is -0.285. The zero-order valence-corrected chi connectivity index (χ0v) is 12.7. The van der Waals surface area contributed by atoms with Crippen molar-refractivity contribution in [3.05, 3.63) is 53.9 Å². The van der Waals surface area contributed by atoms with Crippen molar-refractivity contribution >= 4 is 17.3 Å². The molecule has 0 spiro atoms. The monoisotopic (exact) mass is 306 g/mol. The number of pyridine rings is 1. The molecule has 2 N–H and O–H groups in total. The topological polar surface area (TPSA) is 77.8 Å². The van der Waals surface area contributed by atoms with Crippen LogP contribution < -0.4 is 10.6 Å². The van der Waals surface area contributed by atoms with E-state index in [9.17, 15) is 4.79 Å². The molecule has 2 aromatic rings. The highest BCUT2D eigenvalue weighted by molar-refractivity contribution is 6.03. The maximum atomic E-state index is 12.2. The largest absolute Gasteiger partial charge is 0.381 e. The average Bonchev–Trinajstić information content (AvgIpc) is 3.08. The number of aromatic nitrogens is 1. The summed E-state index contributed by atoms with van der Waals surface area (Å²) in [6.07, 6.45) is 6.62. The van der Waals surface area contributed by atoms with E-state index in [1.807, 2.05) is 12.1 Å². The minimum atomic E-state index is -0.285. The van der Waals surface area contributed by atoms with Gasteiger partial charge in [-0.05, 0) is 43.2 Å². The zero-order valence-electron chi connectivity index (χ0n) is 12.7. The zero-order chi connectivity index (χ0) is 16.1. The van der Waals surface area contributed by atoms with Gasteiger partial charge in [-0.3, -0.25) is 4.79 Å². The first-order chi connectivity index (χ1) is 11.2. The smallest absolute Gasteiger partial charge is 0.274 e. The Kier molecular flexibility index (Phi) is 4.53. The minimum Gasteiger partial charge on any atom is -0.381 e. The van der Waals surface area contributed by atoms with E-state index in [1.165, 1.54) is 25.7 Å². The Bertz CT molecular complexity index is 727. The van der Waals surface area contributed by atoms with Crippen LogP contribution >= 0.6 is 0 Å². The van der Waals surface area contributed by atoms with Crippen LogP contribution in [0.15, 0.2) is 42.6 Å². The van der Waals surface area contributed by atoms with E-state index in [2.05, 4.69) is 15.6 Å². The van der Waals surface area contributed by atoms with Gasteiger partial charge in [-0.1, -0.05) is 18.9 Å². The number of hydrogen-bond acceptors (Lipinski definition) is 4. The van der Waals surface area contributed by atoms with E-state index in [4.69, 9.17) is 5.26 Å². The number of nitriles is 1. The molecule has 0 radical (unpaired) electrons. The molecule has 1 amide bonds. The van der Waals surface area contributed by atoms with E-state index < -0.39 is 0 Å². The molecule has 0 atom stereocenters. The van der Waals surface area contributed by atoms with Gasteiger partial charge in [-0.15, -0.1) is 0 Å². The molecule has 0 bridgehead atoms. The van der Waals surface area contributed by atoms with Gasteiger partial charge in [0, 0.05) is 11.7 Å². The van der Waals surface area contributed by atoms with Crippen molar-refractivity contribution in [1.82, 2.24) is 4.98 Å². The number of hydrogen-bond donors (Lipinski definition) is 2. The highest BCUT2D eigenvalue weighted by Crippen LogP contribution is 2.22. The molecule has 3 rings (SSSR count). The van der Waals surface area contributed by atoms with Gasteiger partial charge in [0.2, 0.25) is 0 Å². The van der Waals surface area contributed by atoms with Crippen molar-refractivity contribution < 1.29 is 4.79 Å². The van der Waals surface area contributed by atoms with E-state index in [-0.39, 0.29) is 5.91 Å². The van der Waals surface area contributed by atoms with Crippen LogP contribution in [0.4, 0.5) is 11.4 Å². The number of carbonyl (C=O) groups is 1. The van der Waals surface area contributed by atoms with Crippen molar-refractivity contribution in [3.63, 3.8) is 0 Å². The maximum absolute atomic E-state index is 12.2. The third-order valence-corrected chi connectivity index (χ3v) is 3.97. The number of carbonyl (C=O) groups excluding carboxylic acids is 1. The van der Waals surface area contributed by atoms with Gasteiger partial charge in [0.15, 0.2) is 0 Å². The van der Waals surface area contributed by atoms with Gasteiger partial charge in [-0.2, -0.15) is 5.26 Å². The van der Waals surface area contributed by atoms with Crippen molar-refractivity contribution in [3.8, 4) is 6.07 Å². The molecule has 5 heteroatoms. The number of nitrogens with one attached hydrogen (secondary N) is 2. The quantitative estimate of drug-likeness (QED) is 0.905. The third-order valence-electron chi connectivity index (χ3n) is 3.97. The molecule has 1 fully saturated rings. The van der Waals surface area contributed by atoms with Crippen LogP contribution in [0.25, 0.3) is 0 Å². The lowest BCUT2D eigenvalue weighted by atomic mass is 10.2. The summed E-state index contributed by atoms with van der Waals surface area (Å²) < 4.78 is 0. The molecule has 1 aromatic heterocycles. The van der Waals surface area contributed by atoms with Crippen LogP contribution in [0, 0.1) is 11.3 Å². The van der Waals surface area contributed by atoms with Crippen LogP contribution in [0.3, 0.4) is 0 Å². The maximum Gasteiger partial charge on any atom is 0.274 e. The Morgan fingerprint density at radius 1 is 1.17 bits per heavy atom. The molecule has 5 nitrogen and oxygen atoms in total. The summed E-state index contributed by atoms with van der Waals surface area (Å²) in [5.41, 5.74) is 2.39. The summed E-state index contributed by atoms with van der Waals surface area (Å²) in [6, 6.07) is 13.0. The Balaban J connectivity index is 1.64. The molecule has 1 saturated carbocycles. The molecule has 1 aliphatic carbocycles. The van der Waals surface area contributed by atoms with Crippen molar-refractivity contribution in [2.45, 2.75) is 31.7 Å². The van der Waals surface area contributed by atoms with Gasteiger partial charge in [-0.25, -0.2) is 4.98 Å². The molecule has 0 saturated heterocycles. The molecule has 0 unspecified atom stereocenters. The minimum absolute atomic E-state index is 0.285. The van der Waals surface area contributed by atoms with Crippen molar-refractivity contribution in [1.29, 1.82) is 5.26 Å². The van der Waals surface area contributed by atoms with Gasteiger partial charge in [0.1, 0.15) is 5.69 Å². The standard InChI is InChI=1S/C18H18N4O/c19-11-13-4-3-7-15(10-13)22-18(23)17-9-8-16(12-20-17)21-14-5-1-2-6-14/h3-4,7-10,12,14,21H,1-2,5-6H2,(H,22,23). The third kappa shape index (κ3) is 3.86. The molecule has 1 heterocycles. The molecular weight excluding hydrogens is 288 g/mol. The molecule has 1 aromatic carbocycles. The van der Waals surface area contributed by atoms with Gasteiger partial charge in [0.05, 0.1) is 23.5 Å². The summed E-state index contributed by atoms with van der Waals surface area (Å²) in [7, 11) is 0. The number of benzene rings is 1. The summed E-state index contributed by atoms with van der Waals surface area (Å²) in [6.45, 7) is 0. The van der Waals surface area contributed by atoms with Crippen LogP contribution in [-0.2, 0) is 0 Å². The van der Waals surface area contributed by atoms with Crippen molar-refractivity contribution in [2.24, 2.45) is 0 Å². The highest BCUT2D eigenvalue weighted by atomic mass is 16.1. The van der Waals surface area contributed by atoms with E-state index in [0.717, 1.165) is 5.69 Å². The first kappa shape index (κ1) is 15.0. The molecule has 23 heavy (non-hydrogen) atoms. The van der Waals surface area contributed by atoms with E-state index in [1.54, 1.807) is 36.5 Å². The first-order valence-electron chi connectivity index (χ1n) is 7.79. The lowest BCUT2D eigenvalue weighted by Crippen LogP contribution is -2.16. The second kappa shape index (κ2) is 6.93. The summed E-state index contributed by atoms with van der Waals surface area (Å²) in [4.78, 5) is 16.4. The lowest BCUT2D eigenvalue weighted by molar-refractivity contribution is 0.102. The van der Waals surface area contributed by atoms with Crippen LogP contribution in [0.1, 0.15) is 41.7 Å². The fourth-order valence-electron chi connectivity index (χ4n) is 2.78. The van der Waals surface area contributed by atoms with Crippen LogP contribution in [0.5, 0.6) is 0 Å². The predicted molar refractivity (Wildman–Crippen MR) is 89.2 cm³/mol. The van der Waals surface area contributed by atoms with Crippen LogP contribution in [0.2, 0.25) is 0 Å².